The summed E-state index contributed by atoms with van der Waals surface area (Å²) >= 11 is 12.1. The van der Waals surface area contributed by atoms with Gasteiger partial charge >= 0.3 is 0 Å². The zero-order chi connectivity index (χ0) is 12.6. The molecule has 1 aromatic rings. The molecule has 0 bridgehead atoms. The zero-order valence-electron chi connectivity index (χ0n) is 10.2. The molecule has 1 aromatic carbocycles. The second kappa shape index (κ2) is 4.79. The van der Waals surface area contributed by atoms with E-state index >= 15 is 0 Å². The number of benzene rings is 1. The SMILES string of the molecule is CC(C)C1CC(O)(Cc2cccc(Cl)c2Cl)C1. The van der Waals surface area contributed by atoms with Crippen LogP contribution in [0.5, 0.6) is 0 Å². The summed E-state index contributed by atoms with van der Waals surface area (Å²) in [7, 11) is 0. The van der Waals surface area contributed by atoms with Crippen molar-refractivity contribution in [1.82, 2.24) is 0 Å². The zero-order valence-corrected chi connectivity index (χ0v) is 11.7. The van der Waals surface area contributed by atoms with Gasteiger partial charge in [0.1, 0.15) is 0 Å². The van der Waals surface area contributed by atoms with Crippen molar-refractivity contribution in [2.45, 2.75) is 38.7 Å². The summed E-state index contributed by atoms with van der Waals surface area (Å²) in [5.74, 6) is 1.28. The van der Waals surface area contributed by atoms with Crippen LogP contribution in [0.4, 0.5) is 0 Å². The Morgan fingerprint density at radius 3 is 2.59 bits per heavy atom. The van der Waals surface area contributed by atoms with Gasteiger partial charge in [0.05, 0.1) is 15.6 Å². The molecule has 1 fully saturated rings. The predicted molar refractivity (Wildman–Crippen MR) is 72.7 cm³/mol. The molecule has 0 aromatic heterocycles. The molecule has 3 heteroatoms. The maximum Gasteiger partial charge on any atom is 0.0694 e. The molecule has 0 radical (unpaired) electrons. The lowest BCUT2D eigenvalue weighted by molar-refractivity contribution is -0.0860. The molecule has 1 N–H and O–H groups in total. The van der Waals surface area contributed by atoms with E-state index in [1.54, 1.807) is 6.07 Å². The van der Waals surface area contributed by atoms with Crippen LogP contribution in [0.3, 0.4) is 0 Å². The van der Waals surface area contributed by atoms with Gasteiger partial charge in [0.25, 0.3) is 0 Å². The fraction of sp³-hybridized carbons (Fsp3) is 0.571. The summed E-state index contributed by atoms with van der Waals surface area (Å²) in [6.45, 7) is 4.41. The van der Waals surface area contributed by atoms with E-state index in [1.165, 1.54) is 0 Å². The highest BCUT2D eigenvalue weighted by Crippen LogP contribution is 2.45. The molecule has 94 valence electrons. The summed E-state index contributed by atoms with van der Waals surface area (Å²) in [6, 6.07) is 5.59. The molecule has 0 atom stereocenters. The molecule has 0 saturated heterocycles. The van der Waals surface area contributed by atoms with E-state index in [9.17, 15) is 5.11 Å². The van der Waals surface area contributed by atoms with E-state index in [4.69, 9.17) is 23.2 Å². The Kier molecular flexibility index (Phi) is 3.72. The first-order valence-electron chi connectivity index (χ1n) is 6.06. The van der Waals surface area contributed by atoms with Gasteiger partial charge in [-0.25, -0.2) is 0 Å². The van der Waals surface area contributed by atoms with E-state index in [1.807, 2.05) is 12.1 Å². The van der Waals surface area contributed by atoms with Crippen molar-refractivity contribution in [3.63, 3.8) is 0 Å². The summed E-state index contributed by atoms with van der Waals surface area (Å²) in [4.78, 5) is 0. The van der Waals surface area contributed by atoms with E-state index in [0.717, 1.165) is 18.4 Å². The molecule has 1 aliphatic carbocycles. The third kappa shape index (κ3) is 2.78. The smallest absolute Gasteiger partial charge is 0.0694 e. The number of halogens is 2. The minimum Gasteiger partial charge on any atom is -0.390 e. The normalized spacial score (nSPS) is 28.2. The molecular formula is C14H18Cl2O. The van der Waals surface area contributed by atoms with Crippen molar-refractivity contribution in [3.8, 4) is 0 Å². The van der Waals surface area contributed by atoms with Crippen molar-refractivity contribution in [2.24, 2.45) is 11.8 Å². The van der Waals surface area contributed by atoms with Crippen LogP contribution in [0.2, 0.25) is 10.0 Å². The van der Waals surface area contributed by atoms with Crippen molar-refractivity contribution >= 4 is 23.2 Å². The summed E-state index contributed by atoms with van der Waals surface area (Å²) in [5.41, 5.74) is 0.368. The Morgan fingerprint density at radius 1 is 1.35 bits per heavy atom. The minimum atomic E-state index is -0.580. The van der Waals surface area contributed by atoms with Gasteiger partial charge in [-0.3, -0.25) is 0 Å². The van der Waals surface area contributed by atoms with Crippen molar-refractivity contribution in [3.05, 3.63) is 33.8 Å². The summed E-state index contributed by atoms with van der Waals surface area (Å²) in [5, 5.41) is 11.5. The minimum absolute atomic E-state index is 0.562. The Morgan fingerprint density at radius 2 is 2.00 bits per heavy atom. The topological polar surface area (TPSA) is 20.2 Å². The second-order valence-corrected chi connectivity index (χ2v) is 6.31. The molecule has 1 aliphatic rings. The molecule has 1 saturated carbocycles. The molecule has 1 nitrogen and oxygen atoms in total. The van der Waals surface area contributed by atoms with Gasteiger partial charge in [0.15, 0.2) is 0 Å². The highest BCUT2D eigenvalue weighted by Gasteiger charge is 2.43. The second-order valence-electron chi connectivity index (χ2n) is 5.53. The lowest BCUT2D eigenvalue weighted by atomic mass is 9.64. The first-order chi connectivity index (χ1) is 7.91. The van der Waals surface area contributed by atoms with Crippen LogP contribution >= 0.6 is 23.2 Å². The first-order valence-corrected chi connectivity index (χ1v) is 6.82. The molecule has 2 rings (SSSR count). The largest absolute Gasteiger partial charge is 0.390 e. The number of hydrogen-bond acceptors (Lipinski definition) is 1. The van der Waals surface area contributed by atoms with Crippen LogP contribution in [0.1, 0.15) is 32.3 Å². The summed E-state index contributed by atoms with van der Waals surface area (Å²) in [6.07, 6.45) is 2.34. The van der Waals surface area contributed by atoms with E-state index < -0.39 is 5.60 Å². The number of hydrogen-bond donors (Lipinski definition) is 1. The highest BCUT2D eigenvalue weighted by molar-refractivity contribution is 6.42. The molecule has 0 unspecified atom stereocenters. The molecular weight excluding hydrogens is 255 g/mol. The van der Waals surface area contributed by atoms with Gasteiger partial charge in [-0.15, -0.1) is 0 Å². The van der Waals surface area contributed by atoms with E-state index in [0.29, 0.717) is 28.3 Å². The highest BCUT2D eigenvalue weighted by atomic mass is 35.5. The fourth-order valence-corrected chi connectivity index (χ4v) is 2.96. The fourth-order valence-electron chi connectivity index (χ4n) is 2.57. The Bertz CT molecular complexity index is 409. The summed E-state index contributed by atoms with van der Waals surface area (Å²) < 4.78 is 0. The lowest BCUT2D eigenvalue weighted by Crippen LogP contribution is -2.47. The average molecular weight is 273 g/mol. The molecule has 17 heavy (non-hydrogen) atoms. The maximum atomic E-state index is 10.4. The molecule has 0 heterocycles. The molecule has 0 amide bonds. The number of rotatable bonds is 3. The van der Waals surface area contributed by atoms with Gasteiger partial charge in [-0.05, 0) is 36.3 Å². The van der Waals surface area contributed by atoms with Crippen LogP contribution in [0.15, 0.2) is 18.2 Å². The average Bonchev–Trinajstić information content (AvgIpc) is 2.21. The Labute approximate surface area is 113 Å². The van der Waals surface area contributed by atoms with E-state index in [-0.39, 0.29) is 0 Å². The third-order valence-electron chi connectivity index (χ3n) is 3.78. The van der Waals surface area contributed by atoms with Crippen LogP contribution in [0, 0.1) is 11.8 Å². The van der Waals surface area contributed by atoms with Gasteiger partial charge in [0, 0.05) is 6.42 Å². The Balaban J connectivity index is 2.05. The van der Waals surface area contributed by atoms with Crippen molar-refractivity contribution in [1.29, 1.82) is 0 Å². The maximum absolute atomic E-state index is 10.4. The standard InChI is InChI=1S/C14H18Cl2O/c1-9(2)11-7-14(17,8-11)6-10-4-3-5-12(15)13(10)16/h3-5,9,11,17H,6-8H2,1-2H3. The van der Waals surface area contributed by atoms with Gasteiger partial charge in [-0.1, -0.05) is 49.2 Å². The van der Waals surface area contributed by atoms with Crippen LogP contribution in [0.25, 0.3) is 0 Å². The van der Waals surface area contributed by atoms with Crippen molar-refractivity contribution < 1.29 is 5.11 Å². The number of aliphatic hydroxyl groups is 1. The Hall–Kier alpha value is -0.240. The van der Waals surface area contributed by atoms with Crippen LogP contribution in [-0.2, 0) is 6.42 Å². The van der Waals surface area contributed by atoms with Crippen LogP contribution in [-0.4, -0.2) is 10.7 Å². The monoisotopic (exact) mass is 272 g/mol. The van der Waals surface area contributed by atoms with Crippen molar-refractivity contribution in [2.75, 3.05) is 0 Å². The van der Waals surface area contributed by atoms with Gasteiger partial charge < -0.3 is 5.11 Å². The first kappa shape index (κ1) is 13.2. The predicted octanol–water partition coefficient (Wildman–Crippen LogP) is 4.33. The lowest BCUT2D eigenvalue weighted by Gasteiger charge is -2.46. The molecule has 0 spiro atoms. The molecule has 0 aliphatic heterocycles. The van der Waals surface area contributed by atoms with Crippen LogP contribution < -0.4 is 0 Å². The third-order valence-corrected chi connectivity index (χ3v) is 4.64. The quantitative estimate of drug-likeness (QED) is 0.868. The van der Waals surface area contributed by atoms with E-state index in [2.05, 4.69) is 13.8 Å². The van der Waals surface area contributed by atoms with Gasteiger partial charge in [-0.2, -0.15) is 0 Å². The van der Waals surface area contributed by atoms with Gasteiger partial charge in [0.2, 0.25) is 0 Å².